The molecule has 0 radical (unpaired) electrons. The van der Waals surface area contributed by atoms with Gasteiger partial charge in [0.2, 0.25) is 0 Å². The quantitative estimate of drug-likeness (QED) is 0.674. The maximum atomic E-state index is 5.61. The van der Waals surface area contributed by atoms with Crippen molar-refractivity contribution in [2.45, 2.75) is 39.3 Å². The van der Waals surface area contributed by atoms with E-state index in [1.165, 1.54) is 18.5 Å². The van der Waals surface area contributed by atoms with E-state index in [2.05, 4.69) is 16.5 Å². The van der Waals surface area contributed by atoms with Crippen LogP contribution >= 0.6 is 0 Å². The summed E-state index contributed by atoms with van der Waals surface area (Å²) in [4.78, 5) is 4.45. The Morgan fingerprint density at radius 2 is 2.33 bits per heavy atom. The fourth-order valence-corrected chi connectivity index (χ4v) is 1.97. The molecule has 3 heteroatoms. The zero-order valence-corrected chi connectivity index (χ0v) is 7.51. The van der Waals surface area contributed by atoms with Gasteiger partial charge in [0.25, 0.3) is 0 Å². The van der Waals surface area contributed by atoms with Crippen LogP contribution in [0.4, 0.5) is 0 Å². The lowest BCUT2D eigenvalue weighted by Crippen LogP contribution is -2.12. The third kappa shape index (κ3) is 1.05. The average Bonchev–Trinajstić information content (AvgIpc) is 2.44. The minimum atomic E-state index is 0.586. The standard InChI is InChI=1S/C9H15N3/c1-7-11-8(6-10)9-4-2-3-5-12(7)9/h2-6,10H2,1H3. The van der Waals surface area contributed by atoms with Gasteiger partial charge >= 0.3 is 0 Å². The molecule has 12 heavy (non-hydrogen) atoms. The van der Waals surface area contributed by atoms with Crippen LogP contribution in [0.25, 0.3) is 0 Å². The first kappa shape index (κ1) is 7.80. The molecule has 2 heterocycles. The highest BCUT2D eigenvalue weighted by atomic mass is 15.1. The lowest BCUT2D eigenvalue weighted by atomic mass is 10.1. The molecule has 0 bridgehead atoms. The number of rotatable bonds is 1. The van der Waals surface area contributed by atoms with Crippen molar-refractivity contribution in [3.63, 3.8) is 0 Å². The molecule has 0 saturated carbocycles. The summed E-state index contributed by atoms with van der Waals surface area (Å²) in [5.74, 6) is 1.13. The van der Waals surface area contributed by atoms with Crippen molar-refractivity contribution in [1.29, 1.82) is 0 Å². The van der Waals surface area contributed by atoms with E-state index in [9.17, 15) is 0 Å². The van der Waals surface area contributed by atoms with Gasteiger partial charge in [-0.2, -0.15) is 0 Å². The summed E-state index contributed by atoms with van der Waals surface area (Å²) >= 11 is 0. The van der Waals surface area contributed by atoms with Crippen molar-refractivity contribution in [2.75, 3.05) is 0 Å². The van der Waals surface area contributed by atoms with Gasteiger partial charge in [0.15, 0.2) is 0 Å². The van der Waals surface area contributed by atoms with Crippen LogP contribution < -0.4 is 5.73 Å². The predicted octanol–water partition coefficient (Wildman–Crippen LogP) is 0.987. The molecule has 1 aromatic heterocycles. The highest BCUT2D eigenvalue weighted by Crippen LogP contribution is 2.19. The molecule has 1 aromatic rings. The SMILES string of the molecule is Cc1nc(CN)c2n1CCCC2. The summed E-state index contributed by atoms with van der Waals surface area (Å²) in [6.07, 6.45) is 3.74. The number of imidazole rings is 1. The molecule has 2 N–H and O–H groups in total. The fourth-order valence-electron chi connectivity index (χ4n) is 1.97. The van der Waals surface area contributed by atoms with Crippen LogP contribution in [-0.4, -0.2) is 9.55 Å². The van der Waals surface area contributed by atoms with Crippen molar-refractivity contribution in [3.8, 4) is 0 Å². The van der Waals surface area contributed by atoms with E-state index in [0.717, 1.165) is 24.5 Å². The second kappa shape index (κ2) is 2.90. The van der Waals surface area contributed by atoms with Crippen molar-refractivity contribution in [3.05, 3.63) is 17.2 Å². The zero-order valence-electron chi connectivity index (χ0n) is 7.51. The first-order valence-corrected chi connectivity index (χ1v) is 4.58. The highest BCUT2D eigenvalue weighted by Gasteiger charge is 2.15. The van der Waals surface area contributed by atoms with Crippen molar-refractivity contribution in [1.82, 2.24) is 9.55 Å². The number of aromatic nitrogens is 2. The summed E-state index contributed by atoms with van der Waals surface area (Å²) in [6, 6.07) is 0. The molecular formula is C9H15N3. The van der Waals surface area contributed by atoms with Crippen LogP contribution in [0.15, 0.2) is 0 Å². The van der Waals surface area contributed by atoms with E-state index in [1.54, 1.807) is 0 Å². The Morgan fingerprint density at radius 1 is 1.50 bits per heavy atom. The van der Waals surface area contributed by atoms with Crippen LogP contribution in [0.5, 0.6) is 0 Å². The molecule has 66 valence electrons. The monoisotopic (exact) mass is 165 g/mol. The maximum Gasteiger partial charge on any atom is 0.106 e. The van der Waals surface area contributed by atoms with E-state index in [4.69, 9.17) is 5.73 Å². The molecule has 0 fully saturated rings. The first-order chi connectivity index (χ1) is 5.83. The smallest absolute Gasteiger partial charge is 0.106 e. The van der Waals surface area contributed by atoms with Gasteiger partial charge in [-0.05, 0) is 26.2 Å². The number of nitrogens with two attached hydrogens (primary N) is 1. The Kier molecular flexibility index (Phi) is 1.89. The molecule has 0 atom stereocenters. The third-order valence-electron chi connectivity index (χ3n) is 2.58. The molecule has 3 nitrogen and oxygen atoms in total. The van der Waals surface area contributed by atoms with Gasteiger partial charge in [-0.3, -0.25) is 0 Å². The molecule has 0 amide bonds. The van der Waals surface area contributed by atoms with Crippen molar-refractivity contribution < 1.29 is 0 Å². The van der Waals surface area contributed by atoms with Crippen molar-refractivity contribution >= 4 is 0 Å². The molecule has 1 aliphatic heterocycles. The van der Waals surface area contributed by atoms with Crippen LogP contribution in [0.3, 0.4) is 0 Å². The van der Waals surface area contributed by atoms with Gasteiger partial charge in [0.05, 0.1) is 5.69 Å². The molecule has 2 rings (SSSR count). The third-order valence-corrected chi connectivity index (χ3v) is 2.58. The fraction of sp³-hybridized carbons (Fsp3) is 0.667. The average molecular weight is 165 g/mol. The summed E-state index contributed by atoms with van der Waals surface area (Å²) in [5, 5.41) is 0. The van der Waals surface area contributed by atoms with E-state index in [0.29, 0.717) is 6.54 Å². The largest absolute Gasteiger partial charge is 0.332 e. The van der Waals surface area contributed by atoms with Crippen LogP contribution in [-0.2, 0) is 19.5 Å². The van der Waals surface area contributed by atoms with Gasteiger partial charge in [-0.15, -0.1) is 0 Å². The lowest BCUT2D eigenvalue weighted by Gasteiger charge is -2.15. The summed E-state index contributed by atoms with van der Waals surface area (Å²) in [6.45, 7) is 3.78. The minimum Gasteiger partial charge on any atom is -0.332 e. The molecule has 0 unspecified atom stereocenters. The highest BCUT2D eigenvalue weighted by molar-refractivity contribution is 5.18. The molecule has 0 saturated heterocycles. The predicted molar refractivity (Wildman–Crippen MR) is 47.8 cm³/mol. The number of nitrogens with zero attached hydrogens (tertiary/aromatic N) is 2. The molecule has 0 spiro atoms. The Bertz CT molecular complexity index is 288. The lowest BCUT2D eigenvalue weighted by molar-refractivity contribution is 0.520. The number of hydrogen-bond acceptors (Lipinski definition) is 2. The summed E-state index contributed by atoms with van der Waals surface area (Å²) in [5.41, 5.74) is 8.09. The molecule has 1 aliphatic rings. The Balaban J connectivity index is 2.47. The van der Waals surface area contributed by atoms with Gasteiger partial charge in [0.1, 0.15) is 5.82 Å². The van der Waals surface area contributed by atoms with E-state index in [-0.39, 0.29) is 0 Å². The minimum absolute atomic E-state index is 0.586. The number of hydrogen-bond donors (Lipinski definition) is 1. The van der Waals surface area contributed by atoms with E-state index >= 15 is 0 Å². The van der Waals surface area contributed by atoms with Crippen LogP contribution in [0, 0.1) is 6.92 Å². The summed E-state index contributed by atoms with van der Waals surface area (Å²) in [7, 11) is 0. The van der Waals surface area contributed by atoms with Crippen LogP contribution in [0.2, 0.25) is 0 Å². The molecular weight excluding hydrogens is 150 g/mol. The van der Waals surface area contributed by atoms with Crippen molar-refractivity contribution in [2.24, 2.45) is 5.73 Å². The normalized spacial score (nSPS) is 16.2. The Hall–Kier alpha value is -0.830. The summed E-state index contributed by atoms with van der Waals surface area (Å²) < 4.78 is 2.31. The van der Waals surface area contributed by atoms with Gasteiger partial charge in [-0.25, -0.2) is 4.98 Å². The molecule has 0 aliphatic carbocycles. The van der Waals surface area contributed by atoms with Gasteiger partial charge < -0.3 is 10.3 Å². The van der Waals surface area contributed by atoms with Gasteiger partial charge in [-0.1, -0.05) is 0 Å². The maximum absolute atomic E-state index is 5.61. The second-order valence-electron chi connectivity index (χ2n) is 3.37. The van der Waals surface area contributed by atoms with Gasteiger partial charge in [0, 0.05) is 18.8 Å². The Morgan fingerprint density at radius 3 is 3.08 bits per heavy atom. The number of aryl methyl sites for hydroxylation is 1. The topological polar surface area (TPSA) is 43.8 Å². The van der Waals surface area contributed by atoms with Crippen LogP contribution in [0.1, 0.15) is 30.1 Å². The first-order valence-electron chi connectivity index (χ1n) is 4.58. The molecule has 0 aromatic carbocycles. The van der Waals surface area contributed by atoms with E-state index < -0.39 is 0 Å². The van der Waals surface area contributed by atoms with E-state index in [1.807, 2.05) is 0 Å². The zero-order chi connectivity index (χ0) is 8.55. The Labute approximate surface area is 72.6 Å². The number of fused-ring (bicyclic) bond motifs is 1. The second-order valence-corrected chi connectivity index (χ2v) is 3.37.